The lowest BCUT2D eigenvalue weighted by Gasteiger charge is -2.31. The van der Waals surface area contributed by atoms with Crippen LogP contribution in [0, 0.1) is 11.8 Å². The zero-order chi connectivity index (χ0) is 21.0. The van der Waals surface area contributed by atoms with Crippen LogP contribution in [0.3, 0.4) is 0 Å². The molecular weight excluding hydrogens is 415 g/mol. The van der Waals surface area contributed by atoms with Gasteiger partial charge in [0, 0.05) is 23.5 Å². The molecule has 0 aromatic heterocycles. The minimum atomic E-state index is -1.21. The monoisotopic (exact) mass is 433 g/mol. The molecule has 0 unspecified atom stereocenters. The molecule has 2 atom stereocenters. The average Bonchev–Trinajstić information content (AvgIpc) is 2.71. The van der Waals surface area contributed by atoms with Crippen molar-refractivity contribution in [3.05, 3.63) is 58.1 Å². The summed E-state index contributed by atoms with van der Waals surface area (Å²) in [4.78, 5) is 36.8. The lowest BCUT2D eigenvalue weighted by molar-refractivity contribution is -0.313. The number of hydrogen-bond acceptors (Lipinski definition) is 4. The molecule has 1 aliphatic carbocycles. The van der Waals surface area contributed by atoms with Crippen LogP contribution in [0.1, 0.15) is 36.0 Å². The summed E-state index contributed by atoms with van der Waals surface area (Å²) >= 11 is 11.9. The fourth-order valence-electron chi connectivity index (χ4n) is 3.51. The van der Waals surface area contributed by atoms with Crippen molar-refractivity contribution in [3.63, 3.8) is 0 Å². The molecule has 152 valence electrons. The van der Waals surface area contributed by atoms with E-state index < -0.39 is 29.6 Å². The summed E-state index contributed by atoms with van der Waals surface area (Å²) in [5.41, 5.74) is 1.00. The van der Waals surface area contributed by atoms with Gasteiger partial charge in [-0.2, -0.15) is 0 Å². The molecule has 0 heterocycles. The summed E-state index contributed by atoms with van der Waals surface area (Å²) in [5.74, 6) is -3.58. The van der Waals surface area contributed by atoms with Gasteiger partial charge in [-0.1, -0.05) is 48.2 Å². The summed E-state index contributed by atoms with van der Waals surface area (Å²) in [7, 11) is 0. The number of nitrogens with one attached hydrogen (secondary N) is 2. The Bertz CT molecular complexity index is 948. The van der Waals surface area contributed by atoms with Crippen LogP contribution in [0.5, 0.6) is 0 Å². The van der Waals surface area contributed by atoms with Crippen LogP contribution in [-0.4, -0.2) is 17.8 Å². The average molecular weight is 434 g/mol. The molecule has 2 amide bonds. The maximum Gasteiger partial charge on any atom is 0.257 e. The van der Waals surface area contributed by atoms with Gasteiger partial charge in [-0.25, -0.2) is 0 Å². The lowest BCUT2D eigenvalue weighted by atomic mass is 9.78. The number of carbonyl (C=O) groups excluding carboxylic acids is 3. The highest BCUT2D eigenvalue weighted by Gasteiger charge is 2.32. The molecule has 1 fully saturated rings. The first-order valence-corrected chi connectivity index (χ1v) is 9.99. The normalized spacial score (nSPS) is 18.7. The third kappa shape index (κ3) is 5.08. The van der Waals surface area contributed by atoms with Gasteiger partial charge in [-0.05, 0) is 43.2 Å². The maximum atomic E-state index is 12.7. The summed E-state index contributed by atoms with van der Waals surface area (Å²) < 4.78 is 0. The quantitative estimate of drug-likeness (QED) is 0.749. The number of hydrogen-bond donors (Lipinski definition) is 2. The van der Waals surface area contributed by atoms with Gasteiger partial charge >= 0.3 is 0 Å². The molecule has 0 saturated heterocycles. The minimum absolute atomic E-state index is 0.243. The van der Waals surface area contributed by atoms with Crippen LogP contribution in [0.2, 0.25) is 10.0 Å². The van der Waals surface area contributed by atoms with Crippen LogP contribution in [-0.2, 0) is 9.59 Å². The third-order valence-corrected chi connectivity index (χ3v) is 5.75. The van der Waals surface area contributed by atoms with E-state index in [4.69, 9.17) is 23.2 Å². The van der Waals surface area contributed by atoms with Gasteiger partial charge in [-0.15, -0.1) is 0 Å². The number of carbonyl (C=O) groups is 3. The molecule has 6 nitrogen and oxygen atoms in total. The van der Waals surface area contributed by atoms with Crippen molar-refractivity contribution in [1.82, 2.24) is 0 Å². The molecule has 8 heteroatoms. The first kappa shape index (κ1) is 21.1. The molecule has 1 aliphatic rings. The predicted molar refractivity (Wildman–Crippen MR) is 110 cm³/mol. The van der Waals surface area contributed by atoms with E-state index in [1.807, 2.05) is 0 Å². The summed E-state index contributed by atoms with van der Waals surface area (Å²) in [6.07, 6.45) is 2.42. The highest BCUT2D eigenvalue weighted by Crippen LogP contribution is 2.31. The Morgan fingerprint density at radius 1 is 0.897 bits per heavy atom. The van der Waals surface area contributed by atoms with Gasteiger partial charge in [0.1, 0.15) is 0 Å². The van der Waals surface area contributed by atoms with Crippen LogP contribution in [0.25, 0.3) is 0 Å². The van der Waals surface area contributed by atoms with E-state index in [1.165, 1.54) is 6.07 Å². The fourth-order valence-corrected chi connectivity index (χ4v) is 3.81. The fraction of sp³-hybridized carbons (Fsp3) is 0.286. The van der Waals surface area contributed by atoms with Gasteiger partial charge in [0.05, 0.1) is 21.3 Å². The summed E-state index contributed by atoms with van der Waals surface area (Å²) in [5, 5.41) is 17.5. The van der Waals surface area contributed by atoms with Crippen molar-refractivity contribution in [1.29, 1.82) is 0 Å². The molecule has 0 aliphatic heterocycles. The molecule has 2 N–H and O–H groups in total. The smallest absolute Gasteiger partial charge is 0.257 e. The van der Waals surface area contributed by atoms with E-state index in [1.54, 1.807) is 36.4 Å². The van der Waals surface area contributed by atoms with Crippen molar-refractivity contribution in [2.75, 3.05) is 10.6 Å². The molecule has 1 saturated carbocycles. The molecule has 3 rings (SSSR count). The number of carboxylic acid groups (broad SMARTS) is 1. The zero-order valence-corrected chi connectivity index (χ0v) is 16.9. The Morgan fingerprint density at radius 2 is 1.59 bits per heavy atom. The molecule has 29 heavy (non-hydrogen) atoms. The number of para-hydroxylation sites is 1. The van der Waals surface area contributed by atoms with Crippen molar-refractivity contribution in [2.24, 2.45) is 11.8 Å². The van der Waals surface area contributed by atoms with Gasteiger partial charge in [0.25, 0.3) is 5.91 Å². The second-order valence-electron chi connectivity index (χ2n) is 6.93. The second-order valence-corrected chi connectivity index (χ2v) is 7.75. The number of rotatable bonds is 5. The van der Waals surface area contributed by atoms with E-state index in [-0.39, 0.29) is 5.56 Å². The number of amides is 2. The molecule has 0 radical (unpaired) electrons. The van der Waals surface area contributed by atoms with Crippen LogP contribution < -0.4 is 15.7 Å². The highest BCUT2D eigenvalue weighted by molar-refractivity contribution is 6.42. The molecule has 0 spiro atoms. The van der Waals surface area contributed by atoms with Crippen molar-refractivity contribution >= 4 is 52.4 Å². The maximum absolute atomic E-state index is 12.7. The second kappa shape index (κ2) is 9.29. The van der Waals surface area contributed by atoms with Gasteiger partial charge in [-0.3, -0.25) is 9.59 Å². The number of benzene rings is 2. The first-order chi connectivity index (χ1) is 13.9. The van der Waals surface area contributed by atoms with E-state index in [0.29, 0.717) is 34.3 Å². The van der Waals surface area contributed by atoms with E-state index >= 15 is 0 Å². The van der Waals surface area contributed by atoms with Crippen LogP contribution >= 0.6 is 23.2 Å². The largest absolute Gasteiger partial charge is 0.550 e. The molecule has 2 aromatic rings. The van der Waals surface area contributed by atoms with Gasteiger partial charge in [0.15, 0.2) is 0 Å². The van der Waals surface area contributed by atoms with Gasteiger partial charge in [0.2, 0.25) is 5.91 Å². The summed E-state index contributed by atoms with van der Waals surface area (Å²) in [6, 6.07) is 11.2. The zero-order valence-electron chi connectivity index (χ0n) is 15.4. The van der Waals surface area contributed by atoms with Crippen molar-refractivity contribution in [2.45, 2.75) is 25.7 Å². The Labute approximate surface area is 178 Å². The van der Waals surface area contributed by atoms with E-state index in [0.717, 1.165) is 12.8 Å². The Balaban J connectivity index is 1.77. The van der Waals surface area contributed by atoms with Crippen LogP contribution in [0.4, 0.5) is 11.4 Å². The summed E-state index contributed by atoms with van der Waals surface area (Å²) in [6.45, 7) is 0. The van der Waals surface area contributed by atoms with E-state index in [9.17, 15) is 19.5 Å². The number of halogens is 2. The Hall–Kier alpha value is -2.57. The number of aliphatic carboxylic acids is 1. The lowest BCUT2D eigenvalue weighted by Crippen LogP contribution is -2.42. The predicted octanol–water partition coefficient (Wildman–Crippen LogP) is 3.74. The SMILES string of the molecule is O=C(Nc1ccc(Cl)c(Cl)c1)c1ccccc1NC(=O)[C@@H]1CCCC[C@H]1C(=O)[O-]. The standard InChI is InChI=1S/C21H20Cl2N2O4/c22-16-10-9-12(11-17(16)23)24-20(27)15-7-3-4-8-18(15)25-19(26)13-5-1-2-6-14(13)21(28)29/h3-4,7-11,13-14H,1-2,5-6H2,(H,24,27)(H,25,26)(H,28,29)/p-1/t13-,14-/m1/s1. The number of anilines is 2. The Kier molecular flexibility index (Phi) is 6.77. The highest BCUT2D eigenvalue weighted by atomic mass is 35.5. The Morgan fingerprint density at radius 3 is 2.28 bits per heavy atom. The van der Waals surface area contributed by atoms with Crippen molar-refractivity contribution in [3.8, 4) is 0 Å². The molecular formula is C21H19Cl2N2O4-. The number of carboxylic acids is 1. The molecule has 0 bridgehead atoms. The van der Waals surface area contributed by atoms with E-state index in [2.05, 4.69) is 10.6 Å². The first-order valence-electron chi connectivity index (χ1n) is 9.24. The van der Waals surface area contributed by atoms with Crippen molar-refractivity contribution < 1.29 is 19.5 Å². The van der Waals surface area contributed by atoms with Crippen LogP contribution in [0.15, 0.2) is 42.5 Å². The third-order valence-electron chi connectivity index (χ3n) is 5.01. The van der Waals surface area contributed by atoms with Gasteiger partial charge < -0.3 is 20.5 Å². The minimum Gasteiger partial charge on any atom is -0.550 e. The topological polar surface area (TPSA) is 98.3 Å². The molecule has 2 aromatic carbocycles.